The van der Waals surface area contributed by atoms with Crippen LogP contribution in [0.1, 0.15) is 38.1 Å². The van der Waals surface area contributed by atoms with Gasteiger partial charge in [0.05, 0.1) is 13.1 Å². The number of imidazole rings is 1. The Morgan fingerprint density at radius 1 is 1.33 bits per heavy atom. The smallest absolute Gasteiger partial charge is 0.123 e. The van der Waals surface area contributed by atoms with Crippen molar-refractivity contribution >= 4 is 0 Å². The molecule has 0 aromatic carbocycles. The van der Waals surface area contributed by atoms with Gasteiger partial charge >= 0.3 is 0 Å². The lowest BCUT2D eigenvalue weighted by Gasteiger charge is -2.06. The molecule has 0 amide bonds. The van der Waals surface area contributed by atoms with Crippen molar-refractivity contribution in [3.05, 3.63) is 41.9 Å². The molecule has 0 aliphatic rings. The molecule has 18 heavy (non-hydrogen) atoms. The molecular formula is C14H21N3O. The summed E-state index contributed by atoms with van der Waals surface area (Å²) in [7, 11) is 0. The Morgan fingerprint density at radius 3 is 2.83 bits per heavy atom. The van der Waals surface area contributed by atoms with Gasteiger partial charge in [0.15, 0.2) is 0 Å². The molecule has 0 aliphatic heterocycles. The highest BCUT2D eigenvalue weighted by Gasteiger charge is 2.06. The summed E-state index contributed by atoms with van der Waals surface area (Å²) < 4.78 is 7.92. The van der Waals surface area contributed by atoms with Crippen LogP contribution >= 0.6 is 0 Å². The molecule has 0 spiro atoms. The van der Waals surface area contributed by atoms with Crippen molar-refractivity contribution in [2.24, 2.45) is 0 Å². The van der Waals surface area contributed by atoms with Crippen LogP contribution in [0, 0.1) is 0 Å². The van der Waals surface area contributed by atoms with Crippen molar-refractivity contribution in [3.63, 3.8) is 0 Å². The zero-order chi connectivity index (χ0) is 13.0. The van der Waals surface area contributed by atoms with Gasteiger partial charge in [-0.25, -0.2) is 4.98 Å². The van der Waals surface area contributed by atoms with Crippen LogP contribution in [-0.4, -0.2) is 15.6 Å². The Bertz CT molecular complexity index is 485. The minimum Gasteiger partial charge on any atom is -0.463 e. The van der Waals surface area contributed by atoms with Crippen LogP contribution in [0.3, 0.4) is 0 Å². The zero-order valence-corrected chi connectivity index (χ0v) is 11.3. The minimum absolute atomic E-state index is 0.471. The second-order valence-corrected chi connectivity index (χ2v) is 4.73. The molecular weight excluding hydrogens is 226 g/mol. The molecule has 2 rings (SSSR count). The molecule has 2 heterocycles. The van der Waals surface area contributed by atoms with Crippen LogP contribution in [0.2, 0.25) is 0 Å². The predicted molar refractivity (Wildman–Crippen MR) is 71.4 cm³/mol. The highest BCUT2D eigenvalue weighted by atomic mass is 16.3. The van der Waals surface area contributed by atoms with E-state index >= 15 is 0 Å². The van der Waals surface area contributed by atoms with Gasteiger partial charge in [-0.15, -0.1) is 0 Å². The molecule has 0 bridgehead atoms. The van der Waals surface area contributed by atoms with Crippen LogP contribution in [0.5, 0.6) is 0 Å². The van der Waals surface area contributed by atoms with Crippen molar-refractivity contribution in [1.82, 2.24) is 14.9 Å². The quantitative estimate of drug-likeness (QED) is 0.853. The van der Waals surface area contributed by atoms with E-state index in [0.717, 1.165) is 36.9 Å². The first-order chi connectivity index (χ1) is 8.69. The van der Waals surface area contributed by atoms with Crippen LogP contribution in [0.15, 0.2) is 28.9 Å². The van der Waals surface area contributed by atoms with Gasteiger partial charge in [-0.2, -0.15) is 0 Å². The van der Waals surface area contributed by atoms with E-state index in [1.165, 1.54) is 0 Å². The Kier molecular flexibility index (Phi) is 4.20. The summed E-state index contributed by atoms with van der Waals surface area (Å²) in [5.74, 6) is 3.05. The van der Waals surface area contributed by atoms with Crippen molar-refractivity contribution in [2.75, 3.05) is 0 Å². The highest BCUT2D eigenvalue weighted by molar-refractivity contribution is 5.09. The SMILES string of the molecule is CCc1nccn1Cc1ccc(CNC(C)C)o1. The van der Waals surface area contributed by atoms with E-state index in [0.29, 0.717) is 6.04 Å². The third-order valence-electron chi connectivity index (χ3n) is 2.85. The molecule has 98 valence electrons. The predicted octanol–water partition coefficient (Wildman–Crippen LogP) is 2.58. The molecule has 0 fully saturated rings. The van der Waals surface area contributed by atoms with Gasteiger partial charge < -0.3 is 14.3 Å². The van der Waals surface area contributed by atoms with Gasteiger partial charge in [0.1, 0.15) is 17.3 Å². The molecule has 2 aromatic heterocycles. The van der Waals surface area contributed by atoms with Crippen LogP contribution in [0.4, 0.5) is 0 Å². The summed E-state index contributed by atoms with van der Waals surface area (Å²) in [4.78, 5) is 4.31. The first-order valence-electron chi connectivity index (χ1n) is 6.50. The summed E-state index contributed by atoms with van der Waals surface area (Å²) in [6.07, 6.45) is 4.77. The molecule has 1 N–H and O–H groups in total. The number of aryl methyl sites for hydroxylation is 1. The van der Waals surface area contributed by atoms with Gasteiger partial charge in [-0.3, -0.25) is 0 Å². The number of hydrogen-bond acceptors (Lipinski definition) is 3. The van der Waals surface area contributed by atoms with E-state index in [9.17, 15) is 0 Å². The van der Waals surface area contributed by atoms with Crippen LogP contribution in [0.25, 0.3) is 0 Å². The Balaban J connectivity index is 1.98. The maximum absolute atomic E-state index is 5.80. The molecule has 2 aromatic rings. The Morgan fingerprint density at radius 2 is 2.11 bits per heavy atom. The van der Waals surface area contributed by atoms with Gasteiger partial charge in [-0.1, -0.05) is 20.8 Å². The summed E-state index contributed by atoms with van der Waals surface area (Å²) >= 11 is 0. The Labute approximate surface area is 108 Å². The number of aromatic nitrogens is 2. The standard InChI is InChI=1S/C14H21N3O/c1-4-14-15-7-8-17(14)10-13-6-5-12(18-13)9-16-11(2)3/h5-8,11,16H,4,9-10H2,1-3H3. The summed E-state index contributed by atoms with van der Waals surface area (Å²) in [5, 5.41) is 3.34. The third kappa shape index (κ3) is 3.23. The van der Waals surface area contributed by atoms with E-state index in [4.69, 9.17) is 4.42 Å². The number of rotatable bonds is 6. The number of furan rings is 1. The van der Waals surface area contributed by atoms with E-state index in [-0.39, 0.29) is 0 Å². The van der Waals surface area contributed by atoms with Gasteiger partial charge in [0, 0.05) is 24.9 Å². The maximum atomic E-state index is 5.80. The third-order valence-corrected chi connectivity index (χ3v) is 2.85. The molecule has 0 atom stereocenters. The van der Waals surface area contributed by atoms with E-state index in [1.807, 2.05) is 24.5 Å². The van der Waals surface area contributed by atoms with Gasteiger partial charge in [-0.05, 0) is 12.1 Å². The molecule has 0 saturated carbocycles. The molecule has 0 unspecified atom stereocenters. The van der Waals surface area contributed by atoms with Gasteiger partial charge in [0.2, 0.25) is 0 Å². The lowest BCUT2D eigenvalue weighted by Crippen LogP contribution is -2.21. The van der Waals surface area contributed by atoms with Crippen molar-refractivity contribution in [1.29, 1.82) is 0 Å². The van der Waals surface area contributed by atoms with Crippen molar-refractivity contribution in [3.8, 4) is 0 Å². The molecule has 4 heteroatoms. The lowest BCUT2D eigenvalue weighted by molar-refractivity contribution is 0.425. The lowest BCUT2D eigenvalue weighted by atomic mass is 10.3. The van der Waals surface area contributed by atoms with E-state index < -0.39 is 0 Å². The number of nitrogens with zero attached hydrogens (tertiary/aromatic N) is 2. The fraction of sp³-hybridized carbons (Fsp3) is 0.500. The second-order valence-electron chi connectivity index (χ2n) is 4.73. The average molecular weight is 247 g/mol. The molecule has 0 radical (unpaired) electrons. The van der Waals surface area contributed by atoms with Gasteiger partial charge in [0.25, 0.3) is 0 Å². The number of nitrogens with one attached hydrogen (secondary N) is 1. The maximum Gasteiger partial charge on any atom is 0.123 e. The molecule has 0 saturated heterocycles. The minimum atomic E-state index is 0.471. The molecule has 0 aliphatic carbocycles. The normalized spacial score (nSPS) is 11.3. The summed E-state index contributed by atoms with van der Waals surface area (Å²) in [6.45, 7) is 7.90. The number of hydrogen-bond donors (Lipinski definition) is 1. The molecule has 4 nitrogen and oxygen atoms in total. The Hall–Kier alpha value is -1.55. The fourth-order valence-corrected chi connectivity index (χ4v) is 1.87. The average Bonchev–Trinajstić information content (AvgIpc) is 2.96. The first kappa shape index (κ1) is 12.9. The van der Waals surface area contributed by atoms with E-state index in [1.54, 1.807) is 0 Å². The zero-order valence-electron chi connectivity index (χ0n) is 11.3. The highest BCUT2D eigenvalue weighted by Crippen LogP contribution is 2.11. The van der Waals surface area contributed by atoms with Crippen molar-refractivity contribution in [2.45, 2.75) is 46.3 Å². The summed E-state index contributed by atoms with van der Waals surface area (Å²) in [6, 6.07) is 4.54. The van der Waals surface area contributed by atoms with Crippen LogP contribution < -0.4 is 5.32 Å². The first-order valence-corrected chi connectivity index (χ1v) is 6.50. The largest absolute Gasteiger partial charge is 0.463 e. The summed E-state index contributed by atoms with van der Waals surface area (Å²) in [5.41, 5.74) is 0. The van der Waals surface area contributed by atoms with Crippen LogP contribution in [-0.2, 0) is 19.5 Å². The van der Waals surface area contributed by atoms with E-state index in [2.05, 4.69) is 35.6 Å². The second kappa shape index (κ2) is 5.87. The van der Waals surface area contributed by atoms with Crippen molar-refractivity contribution < 1.29 is 4.42 Å². The fourth-order valence-electron chi connectivity index (χ4n) is 1.87. The monoisotopic (exact) mass is 247 g/mol. The topological polar surface area (TPSA) is 43.0 Å².